The first-order valence-corrected chi connectivity index (χ1v) is 7.87. The maximum Gasteiger partial charge on any atom is 0.213 e. The van der Waals surface area contributed by atoms with E-state index in [-0.39, 0.29) is 18.0 Å². The van der Waals surface area contributed by atoms with Crippen LogP contribution in [0.1, 0.15) is 20.8 Å². The van der Waals surface area contributed by atoms with Crippen LogP contribution < -0.4 is 9.47 Å². The summed E-state index contributed by atoms with van der Waals surface area (Å²) in [5.41, 5.74) is 1.53. The number of ketones is 1. The fraction of sp³-hybridized carbons (Fsp3) is 0.167. The number of rotatable bonds is 6. The summed E-state index contributed by atoms with van der Waals surface area (Å²) in [6.07, 6.45) is 1.51. The monoisotopic (exact) mass is 338 g/mol. The molecule has 0 aliphatic heterocycles. The molecular formula is C18H14N2O3S. The highest BCUT2D eigenvalue weighted by atomic mass is 32.1. The summed E-state index contributed by atoms with van der Waals surface area (Å²) in [6, 6.07) is 10.7. The molecule has 1 heterocycles. The molecule has 2 aromatic rings. The number of hydrogen-bond acceptors (Lipinski definition) is 6. The molecule has 0 atom stereocenters. The van der Waals surface area contributed by atoms with Crippen LogP contribution in [0.4, 0.5) is 0 Å². The number of carbonyl (C=O) groups excluding carboxylic acids is 1. The van der Waals surface area contributed by atoms with E-state index in [9.17, 15) is 10.1 Å². The van der Waals surface area contributed by atoms with Crippen molar-refractivity contribution in [1.82, 2.24) is 0 Å². The molecule has 0 aliphatic carbocycles. The Balaban J connectivity index is 2.35. The standard InChI is InChI=1S/C18H14N2O3S/c1-12-5-8-24-18(12)17(21)14(11-20)9-13-3-4-15(23-7-6-19)16(10-13)22-2/h3-5,8-10H,7H2,1-2H3. The van der Waals surface area contributed by atoms with Crippen LogP contribution in [0.15, 0.2) is 35.2 Å². The highest BCUT2D eigenvalue weighted by Gasteiger charge is 2.16. The molecule has 5 nitrogen and oxygen atoms in total. The second-order valence-corrected chi connectivity index (χ2v) is 5.70. The van der Waals surface area contributed by atoms with Gasteiger partial charge in [0.2, 0.25) is 5.78 Å². The smallest absolute Gasteiger partial charge is 0.213 e. The van der Waals surface area contributed by atoms with E-state index in [0.717, 1.165) is 5.56 Å². The zero-order valence-corrected chi connectivity index (χ0v) is 14.0. The largest absolute Gasteiger partial charge is 0.493 e. The van der Waals surface area contributed by atoms with Crippen LogP contribution in [-0.2, 0) is 0 Å². The van der Waals surface area contributed by atoms with Crippen LogP contribution in [0, 0.1) is 29.6 Å². The Labute approximate surface area is 144 Å². The average Bonchev–Trinajstić information content (AvgIpc) is 3.03. The lowest BCUT2D eigenvalue weighted by Crippen LogP contribution is -2.01. The van der Waals surface area contributed by atoms with Gasteiger partial charge in [-0.3, -0.25) is 4.79 Å². The van der Waals surface area contributed by atoms with Crippen LogP contribution in [0.25, 0.3) is 6.08 Å². The van der Waals surface area contributed by atoms with Gasteiger partial charge in [-0.15, -0.1) is 11.3 Å². The molecule has 24 heavy (non-hydrogen) atoms. The molecule has 6 heteroatoms. The molecule has 0 unspecified atom stereocenters. The molecule has 0 bridgehead atoms. The van der Waals surface area contributed by atoms with E-state index in [2.05, 4.69) is 0 Å². The maximum atomic E-state index is 12.5. The first kappa shape index (κ1) is 17.3. The lowest BCUT2D eigenvalue weighted by Gasteiger charge is -2.09. The third-order valence-electron chi connectivity index (χ3n) is 3.22. The van der Waals surface area contributed by atoms with Gasteiger partial charge in [0, 0.05) is 0 Å². The fourth-order valence-electron chi connectivity index (χ4n) is 2.05. The molecule has 1 aromatic carbocycles. The van der Waals surface area contributed by atoms with Gasteiger partial charge in [0.15, 0.2) is 18.1 Å². The van der Waals surface area contributed by atoms with Gasteiger partial charge in [-0.25, -0.2) is 0 Å². The van der Waals surface area contributed by atoms with E-state index in [1.165, 1.54) is 24.5 Å². The minimum atomic E-state index is -0.297. The van der Waals surface area contributed by atoms with Crippen LogP contribution in [0.2, 0.25) is 0 Å². The van der Waals surface area contributed by atoms with Gasteiger partial charge in [0.25, 0.3) is 0 Å². The van der Waals surface area contributed by atoms with Gasteiger partial charge >= 0.3 is 0 Å². The van der Waals surface area contributed by atoms with Crippen molar-refractivity contribution in [3.63, 3.8) is 0 Å². The molecule has 0 saturated heterocycles. The molecule has 0 saturated carbocycles. The number of ether oxygens (including phenoxy) is 2. The number of thiophene rings is 1. The lowest BCUT2D eigenvalue weighted by molar-refractivity contribution is 0.104. The van der Waals surface area contributed by atoms with Gasteiger partial charge in [0.1, 0.15) is 17.7 Å². The third kappa shape index (κ3) is 3.81. The highest BCUT2D eigenvalue weighted by molar-refractivity contribution is 7.12. The van der Waals surface area contributed by atoms with Gasteiger partial charge < -0.3 is 9.47 Å². The first-order valence-electron chi connectivity index (χ1n) is 6.99. The number of Topliss-reactive ketones (excluding diaryl/α,β-unsaturated/α-hetero) is 1. The summed E-state index contributed by atoms with van der Waals surface area (Å²) < 4.78 is 10.5. The Morgan fingerprint density at radius 1 is 1.29 bits per heavy atom. The number of aryl methyl sites for hydroxylation is 1. The quantitative estimate of drug-likeness (QED) is 0.455. The number of allylic oxidation sites excluding steroid dienone is 1. The topological polar surface area (TPSA) is 83.1 Å². The van der Waals surface area contributed by atoms with Crippen molar-refractivity contribution < 1.29 is 14.3 Å². The molecular weight excluding hydrogens is 324 g/mol. The van der Waals surface area contributed by atoms with Crippen molar-refractivity contribution in [3.8, 4) is 23.6 Å². The number of nitriles is 2. The molecule has 0 radical (unpaired) electrons. The van der Waals surface area contributed by atoms with Crippen molar-refractivity contribution in [3.05, 3.63) is 51.2 Å². The second kappa shape index (κ2) is 7.96. The van der Waals surface area contributed by atoms with E-state index < -0.39 is 0 Å². The van der Waals surface area contributed by atoms with Crippen molar-refractivity contribution in [2.45, 2.75) is 6.92 Å². The van der Waals surface area contributed by atoms with Crippen molar-refractivity contribution in [2.75, 3.05) is 13.7 Å². The molecule has 0 N–H and O–H groups in total. The maximum absolute atomic E-state index is 12.5. The Bertz CT molecular complexity index is 869. The predicted octanol–water partition coefficient (Wildman–Crippen LogP) is 3.76. The predicted molar refractivity (Wildman–Crippen MR) is 91.1 cm³/mol. The Hall–Kier alpha value is -3.09. The first-order chi connectivity index (χ1) is 11.6. The number of benzene rings is 1. The van der Waals surface area contributed by atoms with E-state index >= 15 is 0 Å². The SMILES string of the molecule is COc1cc(C=C(C#N)C(=O)c2sccc2C)ccc1OCC#N. The van der Waals surface area contributed by atoms with Gasteiger partial charge in [-0.1, -0.05) is 6.07 Å². The van der Waals surface area contributed by atoms with Crippen molar-refractivity contribution >= 4 is 23.2 Å². The molecule has 0 aliphatic rings. The Kier molecular flexibility index (Phi) is 5.73. The highest BCUT2D eigenvalue weighted by Crippen LogP contribution is 2.29. The molecule has 0 spiro atoms. The minimum absolute atomic E-state index is 0.0493. The molecule has 120 valence electrons. The molecule has 2 rings (SSSR count). The molecule has 0 fully saturated rings. The van der Waals surface area contributed by atoms with Crippen LogP contribution in [0.5, 0.6) is 11.5 Å². The number of hydrogen-bond donors (Lipinski definition) is 0. The van der Waals surface area contributed by atoms with Gasteiger partial charge in [0.05, 0.1) is 12.0 Å². The van der Waals surface area contributed by atoms with Crippen molar-refractivity contribution in [2.24, 2.45) is 0 Å². The number of carbonyl (C=O) groups is 1. The van der Waals surface area contributed by atoms with E-state index in [1.807, 2.05) is 30.5 Å². The number of nitrogens with zero attached hydrogens (tertiary/aromatic N) is 2. The molecule has 1 aromatic heterocycles. The summed E-state index contributed by atoms with van der Waals surface area (Å²) in [6.45, 7) is 1.74. The summed E-state index contributed by atoms with van der Waals surface area (Å²) in [4.78, 5) is 13.0. The van der Waals surface area contributed by atoms with E-state index in [1.54, 1.807) is 18.2 Å². The van der Waals surface area contributed by atoms with Gasteiger partial charge in [-0.05, 0) is 47.7 Å². The van der Waals surface area contributed by atoms with Crippen molar-refractivity contribution in [1.29, 1.82) is 10.5 Å². The van der Waals surface area contributed by atoms with E-state index in [0.29, 0.717) is 21.9 Å². The summed E-state index contributed by atoms with van der Waals surface area (Å²) in [7, 11) is 1.48. The molecule has 0 amide bonds. The number of methoxy groups -OCH3 is 1. The van der Waals surface area contributed by atoms with Crippen LogP contribution in [0.3, 0.4) is 0 Å². The summed E-state index contributed by atoms with van der Waals surface area (Å²) in [5.74, 6) is 0.556. The summed E-state index contributed by atoms with van der Waals surface area (Å²) in [5, 5.41) is 19.7. The van der Waals surface area contributed by atoms with E-state index in [4.69, 9.17) is 14.7 Å². The normalized spacial score (nSPS) is 10.6. The lowest BCUT2D eigenvalue weighted by atomic mass is 10.0. The summed E-state index contributed by atoms with van der Waals surface area (Å²) >= 11 is 1.31. The zero-order chi connectivity index (χ0) is 17.5. The Morgan fingerprint density at radius 2 is 2.08 bits per heavy atom. The van der Waals surface area contributed by atoms with Crippen LogP contribution >= 0.6 is 11.3 Å². The Morgan fingerprint density at radius 3 is 2.67 bits per heavy atom. The fourth-order valence-corrected chi connectivity index (χ4v) is 2.93. The van der Waals surface area contributed by atoms with Gasteiger partial charge in [-0.2, -0.15) is 10.5 Å². The third-order valence-corrected chi connectivity index (χ3v) is 4.24. The minimum Gasteiger partial charge on any atom is -0.493 e. The van der Waals surface area contributed by atoms with Crippen LogP contribution in [-0.4, -0.2) is 19.5 Å². The average molecular weight is 338 g/mol. The second-order valence-electron chi connectivity index (χ2n) is 4.79. The zero-order valence-electron chi connectivity index (χ0n) is 13.2.